The molecule has 1 heterocycles. The van der Waals surface area contributed by atoms with Crippen molar-refractivity contribution in [3.05, 3.63) is 18.5 Å². The lowest BCUT2D eigenvalue weighted by Gasteiger charge is -2.04. The fraction of sp³-hybridized carbons (Fsp3) is 0.600. The van der Waals surface area contributed by atoms with Gasteiger partial charge in [-0.25, -0.2) is 0 Å². The van der Waals surface area contributed by atoms with Crippen LogP contribution in [0, 0.1) is 0 Å². The van der Waals surface area contributed by atoms with Crippen molar-refractivity contribution in [1.82, 2.24) is 15.1 Å². The van der Waals surface area contributed by atoms with E-state index in [0.717, 1.165) is 13.0 Å². The molecule has 0 radical (unpaired) electrons. The van der Waals surface area contributed by atoms with Crippen LogP contribution >= 0.6 is 24.0 Å². The van der Waals surface area contributed by atoms with Crippen LogP contribution in [0.1, 0.15) is 6.42 Å². The number of methoxy groups -OCH3 is 1. The first kappa shape index (κ1) is 16.2. The van der Waals surface area contributed by atoms with E-state index in [0.29, 0.717) is 25.7 Å². The summed E-state index contributed by atoms with van der Waals surface area (Å²) in [5.41, 5.74) is 5.63. The molecule has 0 atom stereocenters. The molecule has 0 aliphatic rings. The van der Waals surface area contributed by atoms with E-state index in [1.807, 2.05) is 16.9 Å². The van der Waals surface area contributed by atoms with Crippen molar-refractivity contribution in [3.63, 3.8) is 0 Å². The molecular weight excluding hydrogens is 333 g/mol. The lowest BCUT2D eigenvalue weighted by Crippen LogP contribution is -2.34. The summed E-state index contributed by atoms with van der Waals surface area (Å²) in [6.07, 6.45) is 4.63. The Labute approximate surface area is 119 Å². The molecule has 0 aromatic carbocycles. The molecule has 0 spiro atoms. The highest BCUT2D eigenvalue weighted by Crippen LogP contribution is 1.89. The van der Waals surface area contributed by atoms with E-state index in [-0.39, 0.29) is 24.0 Å². The number of guanidine groups is 1. The Balaban J connectivity index is 0.00000256. The number of aryl methyl sites for hydroxylation is 1. The lowest BCUT2D eigenvalue weighted by atomic mass is 10.4. The molecule has 98 valence electrons. The van der Waals surface area contributed by atoms with Gasteiger partial charge in [-0.05, 0) is 12.5 Å². The number of hydrogen-bond acceptors (Lipinski definition) is 3. The monoisotopic (exact) mass is 353 g/mol. The molecule has 7 heteroatoms. The van der Waals surface area contributed by atoms with Crippen molar-refractivity contribution in [1.29, 1.82) is 0 Å². The first-order valence-corrected chi connectivity index (χ1v) is 5.33. The zero-order valence-electron chi connectivity index (χ0n) is 10.0. The second-order valence-electron chi connectivity index (χ2n) is 3.31. The van der Waals surface area contributed by atoms with Crippen LogP contribution in [0.5, 0.6) is 0 Å². The Kier molecular flexibility index (Phi) is 9.83. The third-order valence-corrected chi connectivity index (χ3v) is 2.00. The van der Waals surface area contributed by atoms with Gasteiger partial charge in [-0.1, -0.05) is 0 Å². The Bertz CT molecular complexity index is 302. The maximum absolute atomic E-state index is 5.63. The van der Waals surface area contributed by atoms with Crippen LogP contribution < -0.4 is 11.1 Å². The van der Waals surface area contributed by atoms with E-state index in [1.165, 1.54) is 0 Å². The number of ether oxygens (including phenoxy) is 1. The van der Waals surface area contributed by atoms with Gasteiger partial charge in [0.1, 0.15) is 0 Å². The Hall–Kier alpha value is -0.830. The molecule has 0 unspecified atom stereocenters. The normalized spacial score (nSPS) is 11.0. The molecule has 17 heavy (non-hydrogen) atoms. The van der Waals surface area contributed by atoms with E-state index in [2.05, 4.69) is 15.4 Å². The minimum Gasteiger partial charge on any atom is -0.383 e. The van der Waals surface area contributed by atoms with Gasteiger partial charge in [0.05, 0.1) is 6.61 Å². The standard InChI is InChI=1S/C10H19N5O.HI/c1-16-9-6-13-10(11)12-4-2-7-15-8-3-5-14-15;/h3,5,8H,2,4,6-7,9H2,1H3,(H3,11,12,13);1H. The highest BCUT2D eigenvalue weighted by Gasteiger charge is 1.92. The van der Waals surface area contributed by atoms with E-state index < -0.39 is 0 Å². The average molecular weight is 353 g/mol. The zero-order valence-corrected chi connectivity index (χ0v) is 12.3. The molecule has 1 rings (SSSR count). The zero-order chi connectivity index (χ0) is 11.6. The van der Waals surface area contributed by atoms with Gasteiger partial charge in [0.2, 0.25) is 0 Å². The van der Waals surface area contributed by atoms with E-state index in [1.54, 1.807) is 13.3 Å². The molecule has 1 aromatic rings. The molecule has 3 N–H and O–H groups in total. The van der Waals surface area contributed by atoms with Crippen LogP contribution in [0.4, 0.5) is 0 Å². The van der Waals surface area contributed by atoms with Gasteiger partial charge in [-0.3, -0.25) is 9.67 Å². The van der Waals surface area contributed by atoms with E-state index >= 15 is 0 Å². The second-order valence-corrected chi connectivity index (χ2v) is 3.31. The van der Waals surface area contributed by atoms with Crippen LogP contribution in [0.25, 0.3) is 0 Å². The molecule has 0 bridgehead atoms. The van der Waals surface area contributed by atoms with Gasteiger partial charge in [-0.2, -0.15) is 5.10 Å². The predicted molar refractivity (Wildman–Crippen MR) is 78.6 cm³/mol. The predicted octanol–water partition coefficient (Wildman–Crippen LogP) is 0.442. The van der Waals surface area contributed by atoms with Crippen LogP contribution in [0.2, 0.25) is 0 Å². The number of nitrogens with one attached hydrogen (secondary N) is 1. The summed E-state index contributed by atoms with van der Waals surface area (Å²) in [6.45, 7) is 2.88. The molecule has 1 aromatic heterocycles. The number of nitrogens with zero attached hydrogens (tertiary/aromatic N) is 3. The largest absolute Gasteiger partial charge is 0.383 e. The summed E-state index contributed by atoms with van der Waals surface area (Å²) in [6, 6.07) is 1.91. The molecule has 6 nitrogen and oxygen atoms in total. The van der Waals surface area contributed by atoms with Crippen molar-refractivity contribution in [3.8, 4) is 0 Å². The summed E-state index contributed by atoms with van der Waals surface area (Å²) >= 11 is 0. The first-order valence-electron chi connectivity index (χ1n) is 5.33. The molecule has 0 amide bonds. The molecule has 0 aliphatic heterocycles. The summed E-state index contributed by atoms with van der Waals surface area (Å²) in [4.78, 5) is 4.18. The van der Waals surface area contributed by atoms with Crippen LogP contribution in [0.15, 0.2) is 23.5 Å². The minimum atomic E-state index is 0. The third-order valence-electron chi connectivity index (χ3n) is 2.00. The van der Waals surface area contributed by atoms with Crippen molar-refractivity contribution in [2.75, 3.05) is 26.8 Å². The SMILES string of the molecule is COCCNC(N)=NCCCn1cccn1.I. The summed E-state index contributed by atoms with van der Waals surface area (Å²) in [5.74, 6) is 0.470. The molecular formula is C10H20IN5O. The Morgan fingerprint density at radius 1 is 1.59 bits per heavy atom. The van der Waals surface area contributed by atoms with Crippen molar-refractivity contribution in [2.24, 2.45) is 10.7 Å². The maximum atomic E-state index is 5.63. The number of nitrogens with two attached hydrogens (primary N) is 1. The molecule has 0 saturated heterocycles. The second kappa shape index (κ2) is 10.3. The summed E-state index contributed by atoms with van der Waals surface area (Å²) in [7, 11) is 1.65. The Morgan fingerprint density at radius 2 is 2.41 bits per heavy atom. The number of rotatable bonds is 7. The van der Waals surface area contributed by atoms with Crippen LogP contribution in [-0.4, -0.2) is 42.5 Å². The van der Waals surface area contributed by atoms with Crippen molar-refractivity contribution in [2.45, 2.75) is 13.0 Å². The fourth-order valence-corrected chi connectivity index (χ4v) is 1.20. The molecule has 0 saturated carbocycles. The van der Waals surface area contributed by atoms with Gasteiger partial charge in [-0.15, -0.1) is 24.0 Å². The van der Waals surface area contributed by atoms with Gasteiger partial charge in [0, 0.05) is 39.1 Å². The first-order chi connectivity index (χ1) is 7.83. The maximum Gasteiger partial charge on any atom is 0.188 e. The van der Waals surface area contributed by atoms with Gasteiger partial charge in [0.15, 0.2) is 5.96 Å². The lowest BCUT2D eigenvalue weighted by molar-refractivity contribution is 0.204. The molecule has 0 fully saturated rings. The molecule has 0 aliphatic carbocycles. The minimum absolute atomic E-state index is 0. The highest BCUT2D eigenvalue weighted by atomic mass is 127. The third kappa shape index (κ3) is 7.97. The van der Waals surface area contributed by atoms with Gasteiger partial charge in [0.25, 0.3) is 0 Å². The van der Waals surface area contributed by atoms with Gasteiger partial charge < -0.3 is 15.8 Å². The van der Waals surface area contributed by atoms with Crippen molar-refractivity contribution < 1.29 is 4.74 Å². The van der Waals surface area contributed by atoms with E-state index in [9.17, 15) is 0 Å². The topological polar surface area (TPSA) is 77.5 Å². The van der Waals surface area contributed by atoms with Gasteiger partial charge >= 0.3 is 0 Å². The number of halogens is 1. The summed E-state index contributed by atoms with van der Waals surface area (Å²) in [5, 5.41) is 7.06. The Morgan fingerprint density at radius 3 is 3.06 bits per heavy atom. The van der Waals surface area contributed by atoms with Crippen molar-refractivity contribution >= 4 is 29.9 Å². The smallest absolute Gasteiger partial charge is 0.188 e. The quantitative estimate of drug-likeness (QED) is 0.323. The van der Waals surface area contributed by atoms with E-state index in [4.69, 9.17) is 10.5 Å². The number of aliphatic imine (C=N–C) groups is 1. The fourth-order valence-electron chi connectivity index (χ4n) is 1.20. The number of hydrogen-bond donors (Lipinski definition) is 2. The average Bonchev–Trinajstić information content (AvgIpc) is 2.78. The summed E-state index contributed by atoms with van der Waals surface area (Å²) < 4.78 is 6.76. The van der Waals surface area contributed by atoms with Crippen LogP contribution in [-0.2, 0) is 11.3 Å². The van der Waals surface area contributed by atoms with Crippen LogP contribution in [0.3, 0.4) is 0 Å². The number of aromatic nitrogens is 2. The highest BCUT2D eigenvalue weighted by molar-refractivity contribution is 14.0.